The van der Waals surface area contributed by atoms with Crippen LogP contribution in [0.3, 0.4) is 0 Å². The summed E-state index contributed by atoms with van der Waals surface area (Å²) in [6, 6.07) is 9.48. The molecule has 0 bridgehead atoms. The first-order chi connectivity index (χ1) is 25.4. The number of fused-ring (bicyclic) bond motifs is 2. The summed E-state index contributed by atoms with van der Waals surface area (Å²) in [4.78, 5) is 29.8. The Hall–Kier alpha value is -4.23. The van der Waals surface area contributed by atoms with Gasteiger partial charge in [-0.25, -0.2) is 13.6 Å². The number of pyridine rings is 1. The van der Waals surface area contributed by atoms with E-state index in [0.717, 1.165) is 44.2 Å². The lowest BCUT2D eigenvalue weighted by molar-refractivity contribution is 0.000838. The molecule has 0 saturated carbocycles. The van der Waals surface area contributed by atoms with Crippen LogP contribution in [-0.2, 0) is 16.1 Å². The number of carbonyl (C=O) groups excluding carboxylic acids is 1. The largest absolute Gasteiger partial charge is 0.472 e. The third kappa shape index (κ3) is 9.66. The molecule has 11 nitrogen and oxygen atoms in total. The highest BCUT2D eigenvalue weighted by Gasteiger charge is 2.49. The number of nitrogens with one attached hydrogen (secondary N) is 1. The summed E-state index contributed by atoms with van der Waals surface area (Å²) in [5, 5.41) is 9.10. The fourth-order valence-corrected chi connectivity index (χ4v) is 7.41. The third-order valence-electron chi connectivity index (χ3n) is 10.1. The second-order valence-corrected chi connectivity index (χ2v) is 15.5. The van der Waals surface area contributed by atoms with Crippen molar-refractivity contribution in [3.63, 3.8) is 0 Å². The molecule has 3 saturated heterocycles. The average Bonchev–Trinajstić information content (AvgIpc) is 3.54. The van der Waals surface area contributed by atoms with Gasteiger partial charge in [0.15, 0.2) is 5.82 Å². The molecule has 13 heteroatoms. The van der Waals surface area contributed by atoms with E-state index >= 15 is 4.39 Å². The Bertz CT molecular complexity index is 1790. The predicted octanol–water partition coefficient (Wildman–Crippen LogP) is 7.60. The Morgan fingerprint density at radius 2 is 1.91 bits per heavy atom. The lowest BCUT2D eigenvalue weighted by Crippen LogP contribution is -2.43. The van der Waals surface area contributed by atoms with Crippen LogP contribution >= 0.6 is 0 Å². The van der Waals surface area contributed by atoms with Crippen molar-refractivity contribution < 1.29 is 32.5 Å². The predicted molar refractivity (Wildman–Crippen MR) is 198 cm³/mol. The van der Waals surface area contributed by atoms with E-state index in [1.54, 1.807) is 11.8 Å². The highest BCUT2D eigenvalue weighted by Crippen LogP contribution is 2.40. The van der Waals surface area contributed by atoms with Crippen molar-refractivity contribution >= 4 is 22.7 Å². The molecule has 3 aromatic rings. The quantitative estimate of drug-likeness (QED) is 0.140. The maximum Gasteiger partial charge on any atom is 0.410 e. The van der Waals surface area contributed by atoms with Crippen LogP contribution in [0.25, 0.3) is 10.9 Å². The minimum atomic E-state index is -0.916. The number of ether oxygens (including phenoxy) is 4. The van der Waals surface area contributed by atoms with Crippen LogP contribution in [0.2, 0.25) is 0 Å². The molecule has 0 spiro atoms. The van der Waals surface area contributed by atoms with Gasteiger partial charge in [-0.1, -0.05) is 36.4 Å². The zero-order valence-electron chi connectivity index (χ0n) is 31.3. The molecule has 1 amide bonds. The van der Waals surface area contributed by atoms with E-state index in [0.29, 0.717) is 51.1 Å². The Morgan fingerprint density at radius 1 is 1.09 bits per heavy atom. The van der Waals surface area contributed by atoms with E-state index in [-0.39, 0.29) is 59.6 Å². The first-order valence-electron chi connectivity index (χ1n) is 18.8. The minimum absolute atomic E-state index is 0.0599. The molecule has 53 heavy (non-hydrogen) atoms. The fraction of sp³-hybridized carbons (Fsp3) is 0.575. The van der Waals surface area contributed by atoms with Crippen LogP contribution in [0, 0.1) is 11.2 Å². The first-order valence-corrected chi connectivity index (χ1v) is 18.8. The summed E-state index contributed by atoms with van der Waals surface area (Å²) in [5.74, 6) is -0.655. The van der Waals surface area contributed by atoms with Gasteiger partial charge in [0, 0.05) is 32.3 Å². The molecule has 1 N–H and O–H groups in total. The smallest absolute Gasteiger partial charge is 0.410 e. The maximum absolute atomic E-state index is 16.3. The molecule has 3 atom stereocenters. The van der Waals surface area contributed by atoms with E-state index in [1.807, 2.05) is 57.2 Å². The van der Waals surface area contributed by atoms with Crippen LogP contribution in [0.15, 0.2) is 48.2 Å². The van der Waals surface area contributed by atoms with E-state index in [2.05, 4.69) is 19.9 Å². The summed E-state index contributed by atoms with van der Waals surface area (Å²) in [7, 11) is 0. The molecule has 286 valence electrons. The topological polar surface area (TPSA) is 123 Å². The SMILES string of the molecule is C/C(=C/CCCO[C@@H]1CCCCN(C(=O)OC(C)(C)C)C1)C(=N)c1ncc2c(OCc3ccccc3)nc(OC[C@@]34CCCN3C[C@H](F)C4)nc2c1F. The van der Waals surface area contributed by atoms with Gasteiger partial charge in [0.25, 0.3) is 0 Å². The Labute approximate surface area is 310 Å². The Morgan fingerprint density at radius 3 is 2.70 bits per heavy atom. The number of amides is 1. The van der Waals surface area contributed by atoms with Crippen LogP contribution in [-0.4, -0.2) is 99.4 Å². The molecular weight excluding hydrogens is 682 g/mol. The van der Waals surface area contributed by atoms with Gasteiger partial charge in [-0.15, -0.1) is 0 Å². The van der Waals surface area contributed by atoms with Crippen molar-refractivity contribution in [1.82, 2.24) is 24.8 Å². The molecule has 0 aliphatic carbocycles. The molecule has 6 rings (SSSR count). The van der Waals surface area contributed by atoms with Gasteiger partial charge in [0.2, 0.25) is 5.88 Å². The van der Waals surface area contributed by atoms with Gasteiger partial charge in [0.05, 0.1) is 29.3 Å². The monoisotopic (exact) mass is 734 g/mol. The molecule has 3 fully saturated rings. The van der Waals surface area contributed by atoms with Crippen molar-refractivity contribution in [2.75, 3.05) is 39.4 Å². The number of nitrogens with zero attached hydrogens (tertiary/aromatic N) is 5. The number of hydrogen-bond donors (Lipinski definition) is 1. The van der Waals surface area contributed by atoms with Gasteiger partial charge < -0.3 is 23.8 Å². The molecule has 3 aliphatic rings. The molecule has 2 aromatic heterocycles. The number of allylic oxidation sites excluding steroid dienone is 2. The number of halogens is 2. The fourth-order valence-electron chi connectivity index (χ4n) is 7.41. The van der Waals surface area contributed by atoms with Gasteiger partial charge in [-0.3, -0.25) is 15.3 Å². The number of likely N-dealkylation sites (tertiary alicyclic amines) is 1. The summed E-state index contributed by atoms with van der Waals surface area (Å²) in [6.45, 7) is 10.5. The molecule has 0 radical (unpaired) electrons. The summed E-state index contributed by atoms with van der Waals surface area (Å²) in [6.07, 6.45) is 8.22. The Balaban J connectivity index is 1.12. The van der Waals surface area contributed by atoms with Crippen molar-refractivity contribution in [2.45, 2.75) is 109 Å². The number of carbonyl (C=O) groups is 1. The number of hydrogen-bond acceptors (Lipinski definition) is 10. The number of aromatic nitrogens is 3. The van der Waals surface area contributed by atoms with Gasteiger partial charge in [-0.05, 0) is 90.3 Å². The minimum Gasteiger partial charge on any atom is -0.472 e. The second-order valence-electron chi connectivity index (χ2n) is 15.5. The normalized spacial score (nSPS) is 22.5. The Kier molecular flexibility index (Phi) is 12.2. The number of alkyl halides is 1. The third-order valence-corrected chi connectivity index (χ3v) is 10.1. The van der Waals surface area contributed by atoms with E-state index in [4.69, 9.17) is 24.4 Å². The van der Waals surface area contributed by atoms with Crippen molar-refractivity contribution in [1.29, 1.82) is 5.41 Å². The molecule has 0 unspecified atom stereocenters. The molecule has 1 aromatic carbocycles. The van der Waals surface area contributed by atoms with Crippen LogP contribution in [0.4, 0.5) is 13.6 Å². The maximum atomic E-state index is 16.3. The first kappa shape index (κ1) is 38.5. The molecular formula is C40H52F2N6O5. The standard InChI is InChI=1S/C40H52F2N6O5/c1-27(13-9-11-20-50-30-16-8-10-18-47(24-30)38(49)53-39(2,3)4)33(43)35-32(42)34-31(22-44-35)36(51-25-28-14-6-5-7-15-28)46-37(45-34)52-26-40-17-12-19-48(40)23-29(41)21-40/h5-7,13-15,22,29-30,43H,8-12,16-21,23-26H2,1-4H3/b27-13-,43-33?/t29-,30-,40+/m1/s1. The van der Waals surface area contributed by atoms with Crippen molar-refractivity contribution in [3.05, 3.63) is 65.3 Å². The van der Waals surface area contributed by atoms with Crippen molar-refractivity contribution in [2.24, 2.45) is 0 Å². The van der Waals surface area contributed by atoms with E-state index in [9.17, 15) is 9.18 Å². The summed E-state index contributed by atoms with van der Waals surface area (Å²) in [5.41, 5.74) is 0.216. The van der Waals surface area contributed by atoms with E-state index in [1.165, 1.54) is 6.20 Å². The lowest BCUT2D eigenvalue weighted by Gasteiger charge is -2.30. The zero-order chi connectivity index (χ0) is 37.6. The van der Waals surface area contributed by atoms with Gasteiger partial charge in [-0.2, -0.15) is 9.97 Å². The van der Waals surface area contributed by atoms with Crippen LogP contribution in [0.5, 0.6) is 11.9 Å². The number of benzene rings is 1. The van der Waals surface area contributed by atoms with Crippen LogP contribution in [0.1, 0.15) is 90.3 Å². The number of rotatable bonds is 13. The average molecular weight is 735 g/mol. The molecule has 3 aliphatic heterocycles. The number of unbranched alkanes of at least 4 members (excludes halogenated alkanes) is 1. The highest BCUT2D eigenvalue weighted by atomic mass is 19.1. The lowest BCUT2D eigenvalue weighted by atomic mass is 9.95. The van der Waals surface area contributed by atoms with Crippen molar-refractivity contribution in [3.8, 4) is 11.9 Å². The summed E-state index contributed by atoms with van der Waals surface area (Å²) < 4.78 is 54.7. The van der Waals surface area contributed by atoms with Crippen LogP contribution < -0.4 is 9.47 Å². The van der Waals surface area contributed by atoms with Gasteiger partial charge in [0.1, 0.15) is 36.2 Å². The van der Waals surface area contributed by atoms with E-state index < -0.39 is 23.1 Å². The second kappa shape index (κ2) is 16.8. The highest BCUT2D eigenvalue weighted by molar-refractivity contribution is 6.10. The summed E-state index contributed by atoms with van der Waals surface area (Å²) >= 11 is 0. The molecule has 5 heterocycles. The zero-order valence-corrected chi connectivity index (χ0v) is 31.3. The van der Waals surface area contributed by atoms with Gasteiger partial charge >= 0.3 is 12.1 Å².